The van der Waals surface area contributed by atoms with Gasteiger partial charge in [0.2, 0.25) is 5.69 Å². The SMILES string of the molecule is N#Cc1nc(N(CCO)CC(F)F)ccc1[N+](=O)[O-]. The fourth-order valence-corrected chi connectivity index (χ4v) is 1.43. The second-order valence-corrected chi connectivity index (χ2v) is 3.47. The van der Waals surface area contributed by atoms with Crippen LogP contribution in [0.2, 0.25) is 0 Å². The van der Waals surface area contributed by atoms with Gasteiger partial charge in [-0.25, -0.2) is 13.8 Å². The van der Waals surface area contributed by atoms with E-state index in [9.17, 15) is 18.9 Å². The zero-order valence-corrected chi connectivity index (χ0v) is 9.66. The van der Waals surface area contributed by atoms with Crippen LogP contribution in [0.4, 0.5) is 20.3 Å². The third-order valence-electron chi connectivity index (χ3n) is 2.21. The van der Waals surface area contributed by atoms with E-state index in [-0.39, 0.29) is 19.0 Å². The van der Waals surface area contributed by atoms with E-state index < -0.39 is 29.3 Å². The summed E-state index contributed by atoms with van der Waals surface area (Å²) in [6.45, 7) is -1.18. The quantitative estimate of drug-likeness (QED) is 0.610. The lowest BCUT2D eigenvalue weighted by Gasteiger charge is -2.22. The molecule has 0 unspecified atom stereocenters. The van der Waals surface area contributed by atoms with Crippen LogP contribution in [0.5, 0.6) is 0 Å². The molecule has 19 heavy (non-hydrogen) atoms. The monoisotopic (exact) mass is 272 g/mol. The number of nitro groups is 1. The van der Waals surface area contributed by atoms with Gasteiger partial charge >= 0.3 is 5.69 Å². The maximum absolute atomic E-state index is 12.4. The summed E-state index contributed by atoms with van der Waals surface area (Å²) in [7, 11) is 0. The molecule has 0 radical (unpaired) electrons. The normalized spacial score (nSPS) is 10.3. The van der Waals surface area contributed by atoms with Gasteiger partial charge in [0.15, 0.2) is 0 Å². The Labute approximate surface area is 106 Å². The maximum atomic E-state index is 12.4. The minimum Gasteiger partial charge on any atom is -0.395 e. The third-order valence-corrected chi connectivity index (χ3v) is 2.21. The highest BCUT2D eigenvalue weighted by molar-refractivity contribution is 5.51. The number of halogens is 2. The average molecular weight is 272 g/mol. The van der Waals surface area contributed by atoms with Crippen LogP contribution in [0.1, 0.15) is 5.69 Å². The number of aliphatic hydroxyl groups is 1. The number of pyridine rings is 1. The minimum atomic E-state index is -2.66. The first kappa shape index (κ1) is 14.7. The number of aliphatic hydroxyl groups excluding tert-OH is 1. The zero-order chi connectivity index (χ0) is 14.4. The molecule has 0 bridgehead atoms. The van der Waals surface area contributed by atoms with Crippen molar-refractivity contribution in [1.29, 1.82) is 5.26 Å². The zero-order valence-electron chi connectivity index (χ0n) is 9.66. The molecule has 0 spiro atoms. The molecule has 0 fully saturated rings. The fourth-order valence-electron chi connectivity index (χ4n) is 1.43. The van der Waals surface area contributed by atoms with E-state index >= 15 is 0 Å². The average Bonchev–Trinajstić information content (AvgIpc) is 2.36. The van der Waals surface area contributed by atoms with Crippen LogP contribution in [0.15, 0.2) is 12.1 Å². The number of hydrogen-bond acceptors (Lipinski definition) is 6. The second kappa shape index (κ2) is 6.55. The van der Waals surface area contributed by atoms with Gasteiger partial charge in [0.25, 0.3) is 6.43 Å². The Bertz CT molecular complexity index is 504. The van der Waals surface area contributed by atoms with Gasteiger partial charge in [-0.15, -0.1) is 0 Å². The molecule has 0 amide bonds. The smallest absolute Gasteiger partial charge is 0.305 e. The highest BCUT2D eigenvalue weighted by atomic mass is 19.3. The van der Waals surface area contributed by atoms with Crippen LogP contribution in [0, 0.1) is 21.4 Å². The highest BCUT2D eigenvalue weighted by Crippen LogP contribution is 2.21. The van der Waals surface area contributed by atoms with E-state index in [1.165, 1.54) is 6.07 Å². The summed E-state index contributed by atoms with van der Waals surface area (Å²) < 4.78 is 24.7. The number of nitriles is 1. The first-order chi connectivity index (χ1) is 8.99. The van der Waals surface area contributed by atoms with Crippen molar-refractivity contribution in [1.82, 2.24) is 4.98 Å². The summed E-state index contributed by atoms with van der Waals surface area (Å²) >= 11 is 0. The molecule has 0 aromatic carbocycles. The molecular weight excluding hydrogens is 262 g/mol. The lowest BCUT2D eigenvalue weighted by molar-refractivity contribution is -0.385. The van der Waals surface area contributed by atoms with E-state index in [1.807, 2.05) is 0 Å². The first-order valence-electron chi connectivity index (χ1n) is 5.19. The molecule has 1 N–H and O–H groups in total. The lowest BCUT2D eigenvalue weighted by atomic mass is 10.3. The lowest BCUT2D eigenvalue weighted by Crippen LogP contribution is -2.32. The predicted octanol–water partition coefficient (Wildman–Crippen LogP) is 0.925. The molecule has 1 aromatic heterocycles. The largest absolute Gasteiger partial charge is 0.395 e. The summed E-state index contributed by atoms with van der Waals surface area (Å²) in [5, 5.41) is 28.2. The Morgan fingerprint density at radius 3 is 2.74 bits per heavy atom. The van der Waals surface area contributed by atoms with Crippen molar-refractivity contribution < 1.29 is 18.8 Å². The molecule has 9 heteroatoms. The standard InChI is InChI=1S/C10H10F2N4O3/c11-9(12)6-15(3-4-17)10-2-1-8(16(18)19)7(5-13)14-10/h1-2,9,17H,3-4,6H2. The van der Waals surface area contributed by atoms with Crippen molar-refractivity contribution in [2.24, 2.45) is 0 Å². The van der Waals surface area contributed by atoms with Crippen LogP contribution < -0.4 is 4.90 Å². The first-order valence-corrected chi connectivity index (χ1v) is 5.19. The number of anilines is 1. The molecular formula is C10H10F2N4O3. The number of alkyl halides is 2. The van der Waals surface area contributed by atoms with Crippen LogP contribution in [-0.2, 0) is 0 Å². The third kappa shape index (κ3) is 3.82. The van der Waals surface area contributed by atoms with Crippen molar-refractivity contribution in [3.63, 3.8) is 0 Å². The highest BCUT2D eigenvalue weighted by Gasteiger charge is 2.19. The Morgan fingerprint density at radius 1 is 1.58 bits per heavy atom. The Morgan fingerprint density at radius 2 is 2.26 bits per heavy atom. The molecule has 1 heterocycles. The van der Waals surface area contributed by atoms with Crippen molar-refractivity contribution >= 4 is 11.5 Å². The van der Waals surface area contributed by atoms with Crippen molar-refractivity contribution in [2.75, 3.05) is 24.6 Å². The summed E-state index contributed by atoms with van der Waals surface area (Å²) in [6.07, 6.45) is -2.66. The molecule has 0 atom stereocenters. The van der Waals surface area contributed by atoms with Gasteiger partial charge in [0.05, 0.1) is 18.1 Å². The van der Waals surface area contributed by atoms with Gasteiger partial charge in [-0.3, -0.25) is 10.1 Å². The molecule has 0 saturated heterocycles. The van der Waals surface area contributed by atoms with Gasteiger partial charge in [0, 0.05) is 12.6 Å². The van der Waals surface area contributed by atoms with Crippen molar-refractivity contribution in [3.05, 3.63) is 27.9 Å². The van der Waals surface area contributed by atoms with E-state index in [0.717, 1.165) is 17.0 Å². The van der Waals surface area contributed by atoms with E-state index in [0.29, 0.717) is 0 Å². The van der Waals surface area contributed by atoms with Crippen LogP contribution in [0.25, 0.3) is 0 Å². The maximum Gasteiger partial charge on any atom is 0.305 e. The molecule has 7 nitrogen and oxygen atoms in total. The fraction of sp³-hybridized carbons (Fsp3) is 0.400. The number of hydrogen-bond donors (Lipinski definition) is 1. The molecule has 1 aromatic rings. The summed E-state index contributed by atoms with van der Waals surface area (Å²) in [6, 6.07) is 3.73. The Balaban J connectivity index is 3.11. The number of nitrogens with zero attached hydrogens (tertiary/aromatic N) is 4. The molecule has 0 aliphatic rings. The van der Waals surface area contributed by atoms with Crippen molar-refractivity contribution in [3.8, 4) is 6.07 Å². The number of aromatic nitrogens is 1. The Kier molecular flexibility index (Phi) is 5.08. The second-order valence-electron chi connectivity index (χ2n) is 3.47. The van der Waals surface area contributed by atoms with Crippen molar-refractivity contribution in [2.45, 2.75) is 6.43 Å². The minimum absolute atomic E-state index is 0.0171. The molecule has 102 valence electrons. The van der Waals surface area contributed by atoms with E-state index in [4.69, 9.17) is 10.4 Å². The molecule has 0 aliphatic heterocycles. The van der Waals surface area contributed by atoms with Gasteiger partial charge < -0.3 is 10.0 Å². The molecule has 1 rings (SSSR count). The summed E-state index contributed by atoms with van der Waals surface area (Å²) in [4.78, 5) is 14.5. The van der Waals surface area contributed by atoms with Gasteiger partial charge in [-0.05, 0) is 6.07 Å². The molecule has 0 aliphatic carbocycles. The summed E-state index contributed by atoms with van der Waals surface area (Å²) in [5.74, 6) is -0.0171. The Hall–Kier alpha value is -2.34. The van der Waals surface area contributed by atoms with E-state index in [1.54, 1.807) is 0 Å². The van der Waals surface area contributed by atoms with Crippen LogP contribution in [0.3, 0.4) is 0 Å². The van der Waals surface area contributed by atoms with Gasteiger partial charge in [0.1, 0.15) is 11.9 Å². The van der Waals surface area contributed by atoms with Crippen LogP contribution >= 0.6 is 0 Å². The number of rotatable bonds is 6. The molecule has 0 saturated carbocycles. The predicted molar refractivity (Wildman–Crippen MR) is 60.9 cm³/mol. The van der Waals surface area contributed by atoms with Gasteiger partial charge in [-0.2, -0.15) is 5.26 Å². The topological polar surface area (TPSA) is 103 Å². The summed E-state index contributed by atoms with van der Waals surface area (Å²) in [5.41, 5.74) is -0.952. The van der Waals surface area contributed by atoms with Crippen LogP contribution in [-0.4, -0.2) is 41.1 Å². The van der Waals surface area contributed by atoms with E-state index in [2.05, 4.69) is 4.98 Å². The van der Waals surface area contributed by atoms with Gasteiger partial charge in [-0.1, -0.05) is 0 Å².